The van der Waals surface area contributed by atoms with E-state index in [-0.39, 0.29) is 17.2 Å². The lowest BCUT2D eigenvalue weighted by molar-refractivity contribution is 0.0724. The standard InChI is InChI=1S/C56H40O9/c57-54(41-16-23-46(24-17-41)60-35-38-10-4-1-5-11-38)63-49-30-31-51-45(33-49)32-44-22-29-50(64-55(58)42-18-25-47(26-19-42)61-36-39-12-6-2-7-13-39)34-52(44)53(51)65-56(59)43-20-27-48(28-21-43)62-37-40-14-8-3-9-15-40/h1-34H,35-37H2. The van der Waals surface area contributed by atoms with E-state index in [4.69, 9.17) is 28.4 Å². The summed E-state index contributed by atoms with van der Waals surface area (Å²) >= 11 is 0. The van der Waals surface area contributed by atoms with E-state index in [1.165, 1.54) is 0 Å². The third-order valence-corrected chi connectivity index (χ3v) is 10.5. The number of fused-ring (bicyclic) bond motifs is 2. The molecule has 0 radical (unpaired) electrons. The number of carbonyl (C=O) groups is 3. The van der Waals surface area contributed by atoms with Crippen molar-refractivity contribution < 1.29 is 42.8 Å². The molecule has 0 saturated carbocycles. The van der Waals surface area contributed by atoms with Gasteiger partial charge in [0.15, 0.2) is 0 Å². The molecule has 0 bridgehead atoms. The first-order chi connectivity index (χ1) is 31.9. The zero-order valence-corrected chi connectivity index (χ0v) is 34.9. The Morgan fingerprint density at radius 1 is 0.308 bits per heavy atom. The van der Waals surface area contributed by atoms with E-state index in [9.17, 15) is 14.4 Å². The van der Waals surface area contributed by atoms with Gasteiger partial charge in [-0.25, -0.2) is 14.4 Å². The van der Waals surface area contributed by atoms with E-state index in [2.05, 4.69) is 0 Å². The van der Waals surface area contributed by atoms with Gasteiger partial charge in [-0.15, -0.1) is 0 Å². The molecule has 9 rings (SSSR count). The Balaban J connectivity index is 0.950. The summed E-state index contributed by atoms with van der Waals surface area (Å²) in [6.07, 6.45) is 0. The van der Waals surface area contributed by atoms with Crippen LogP contribution in [0.25, 0.3) is 21.5 Å². The third kappa shape index (κ3) is 10.5. The van der Waals surface area contributed by atoms with E-state index in [0.29, 0.717) is 75.3 Å². The Hall–Kier alpha value is -8.69. The van der Waals surface area contributed by atoms with Crippen molar-refractivity contribution in [3.8, 4) is 34.5 Å². The van der Waals surface area contributed by atoms with Crippen LogP contribution in [-0.2, 0) is 19.8 Å². The fraction of sp³-hybridized carbons (Fsp3) is 0.0536. The average Bonchev–Trinajstić information content (AvgIpc) is 3.36. The van der Waals surface area contributed by atoms with Crippen LogP contribution in [0.5, 0.6) is 34.5 Å². The minimum atomic E-state index is -0.614. The van der Waals surface area contributed by atoms with Gasteiger partial charge in [0, 0.05) is 10.8 Å². The van der Waals surface area contributed by atoms with Gasteiger partial charge < -0.3 is 28.4 Å². The van der Waals surface area contributed by atoms with Crippen LogP contribution in [0.2, 0.25) is 0 Å². The Kier molecular flexibility index (Phi) is 12.5. The SMILES string of the molecule is O=C(Oc1ccc2c(OC(=O)c3ccc(OCc4ccccc4)cc3)c3cc(OC(=O)c4ccc(OCc5ccccc5)cc4)ccc3cc2c1)c1ccc(OCc2ccccc2)cc1. The second-order valence-corrected chi connectivity index (χ2v) is 15.0. The van der Waals surface area contributed by atoms with Gasteiger partial charge >= 0.3 is 17.9 Å². The van der Waals surface area contributed by atoms with Crippen molar-refractivity contribution in [3.63, 3.8) is 0 Å². The van der Waals surface area contributed by atoms with Gasteiger partial charge in [0.25, 0.3) is 0 Å². The highest BCUT2D eigenvalue weighted by molar-refractivity contribution is 6.08. The summed E-state index contributed by atoms with van der Waals surface area (Å²) in [5, 5.41) is 2.39. The number of carbonyl (C=O) groups excluding carboxylic acids is 3. The zero-order valence-electron chi connectivity index (χ0n) is 34.9. The molecule has 0 aliphatic heterocycles. The molecule has 0 spiro atoms. The molecule has 9 heteroatoms. The molecule has 0 aliphatic carbocycles. The van der Waals surface area contributed by atoms with Crippen molar-refractivity contribution in [1.29, 1.82) is 0 Å². The minimum Gasteiger partial charge on any atom is -0.489 e. The van der Waals surface area contributed by atoms with E-state index < -0.39 is 17.9 Å². The van der Waals surface area contributed by atoms with Gasteiger partial charge in [-0.3, -0.25) is 0 Å². The van der Waals surface area contributed by atoms with Crippen LogP contribution in [0.3, 0.4) is 0 Å². The molecule has 0 aromatic heterocycles. The summed E-state index contributed by atoms with van der Waals surface area (Å²) in [5.74, 6) is 0.844. The molecule has 0 saturated heterocycles. The third-order valence-electron chi connectivity index (χ3n) is 10.5. The number of esters is 3. The molecular formula is C56H40O9. The zero-order chi connectivity index (χ0) is 44.4. The minimum absolute atomic E-state index is 0.230. The molecule has 9 nitrogen and oxygen atoms in total. The predicted octanol–water partition coefficient (Wildman–Crippen LogP) is 12.4. The Morgan fingerprint density at radius 2 is 0.677 bits per heavy atom. The predicted molar refractivity (Wildman–Crippen MR) is 248 cm³/mol. The number of hydrogen-bond donors (Lipinski definition) is 0. The van der Waals surface area contributed by atoms with Gasteiger partial charge in [0.1, 0.15) is 54.3 Å². The van der Waals surface area contributed by atoms with Gasteiger partial charge in [-0.2, -0.15) is 0 Å². The summed E-state index contributed by atoms with van der Waals surface area (Å²) in [6.45, 7) is 1.17. The molecule has 0 unspecified atom stereocenters. The lowest BCUT2D eigenvalue weighted by atomic mass is 10.0. The number of ether oxygens (including phenoxy) is 6. The molecule has 9 aromatic carbocycles. The van der Waals surface area contributed by atoms with Crippen LogP contribution in [0, 0.1) is 0 Å². The van der Waals surface area contributed by atoms with E-state index in [1.54, 1.807) is 109 Å². The molecule has 0 fully saturated rings. The van der Waals surface area contributed by atoms with Crippen molar-refractivity contribution >= 4 is 39.5 Å². The first kappa shape index (κ1) is 41.7. The van der Waals surface area contributed by atoms with E-state index >= 15 is 0 Å². The van der Waals surface area contributed by atoms with Crippen molar-refractivity contribution in [2.45, 2.75) is 19.8 Å². The molecular weight excluding hydrogens is 817 g/mol. The fourth-order valence-corrected chi connectivity index (χ4v) is 7.04. The Bertz CT molecular complexity index is 3080. The molecule has 0 amide bonds. The maximum absolute atomic E-state index is 13.9. The summed E-state index contributed by atoms with van der Waals surface area (Å²) in [5.41, 5.74) is 4.04. The second-order valence-electron chi connectivity index (χ2n) is 15.0. The quantitative estimate of drug-likeness (QED) is 0.0566. The largest absolute Gasteiger partial charge is 0.489 e. The fourth-order valence-electron chi connectivity index (χ4n) is 7.04. The topological polar surface area (TPSA) is 107 Å². The molecule has 0 aliphatic rings. The second kappa shape index (κ2) is 19.6. The van der Waals surface area contributed by atoms with Crippen molar-refractivity contribution in [2.24, 2.45) is 0 Å². The molecule has 65 heavy (non-hydrogen) atoms. The van der Waals surface area contributed by atoms with E-state index in [1.807, 2.05) is 97.1 Å². The number of rotatable bonds is 15. The van der Waals surface area contributed by atoms with Crippen molar-refractivity contribution in [1.82, 2.24) is 0 Å². The van der Waals surface area contributed by atoms with Gasteiger partial charge in [0.05, 0.1) is 16.7 Å². The summed E-state index contributed by atoms with van der Waals surface area (Å²) in [4.78, 5) is 40.5. The highest BCUT2D eigenvalue weighted by atomic mass is 16.5. The summed E-state index contributed by atoms with van der Waals surface area (Å²) in [7, 11) is 0. The summed E-state index contributed by atoms with van der Waals surface area (Å²) in [6, 6.07) is 61.6. The van der Waals surface area contributed by atoms with Crippen LogP contribution in [-0.4, -0.2) is 17.9 Å². The first-order valence-corrected chi connectivity index (χ1v) is 20.9. The average molecular weight is 857 g/mol. The maximum Gasteiger partial charge on any atom is 0.343 e. The molecule has 9 aromatic rings. The number of benzene rings is 9. The molecule has 0 N–H and O–H groups in total. The first-order valence-electron chi connectivity index (χ1n) is 20.9. The lowest BCUT2D eigenvalue weighted by Crippen LogP contribution is -2.10. The van der Waals surface area contributed by atoms with E-state index in [0.717, 1.165) is 16.7 Å². The smallest absolute Gasteiger partial charge is 0.343 e. The molecule has 0 atom stereocenters. The van der Waals surface area contributed by atoms with Gasteiger partial charge in [-0.1, -0.05) is 97.1 Å². The van der Waals surface area contributed by atoms with Crippen LogP contribution in [0.15, 0.2) is 206 Å². The highest BCUT2D eigenvalue weighted by Crippen LogP contribution is 2.39. The normalized spacial score (nSPS) is 10.8. The Morgan fingerprint density at radius 3 is 1.11 bits per heavy atom. The van der Waals surface area contributed by atoms with Gasteiger partial charge in [0.2, 0.25) is 0 Å². The van der Waals surface area contributed by atoms with Crippen molar-refractivity contribution in [2.75, 3.05) is 0 Å². The van der Waals surface area contributed by atoms with Gasteiger partial charge in [-0.05, 0) is 137 Å². The van der Waals surface area contributed by atoms with Crippen LogP contribution in [0.1, 0.15) is 47.8 Å². The number of hydrogen-bond acceptors (Lipinski definition) is 9. The molecule has 318 valence electrons. The maximum atomic E-state index is 13.9. The Labute approximate surface area is 374 Å². The van der Waals surface area contributed by atoms with Crippen molar-refractivity contribution in [3.05, 3.63) is 240 Å². The lowest BCUT2D eigenvalue weighted by Gasteiger charge is -2.15. The monoisotopic (exact) mass is 856 g/mol. The highest BCUT2D eigenvalue weighted by Gasteiger charge is 2.19. The summed E-state index contributed by atoms with van der Waals surface area (Å²) < 4.78 is 35.6. The van der Waals surface area contributed by atoms with Crippen LogP contribution in [0.4, 0.5) is 0 Å². The van der Waals surface area contributed by atoms with Crippen LogP contribution < -0.4 is 28.4 Å². The molecule has 0 heterocycles. The van der Waals surface area contributed by atoms with Crippen LogP contribution >= 0.6 is 0 Å².